The molecule has 1 aliphatic heterocycles. The number of anilines is 1. The summed E-state index contributed by atoms with van der Waals surface area (Å²) >= 11 is 6.79. The summed E-state index contributed by atoms with van der Waals surface area (Å²) in [6.07, 6.45) is 1.48. The Bertz CT molecular complexity index is 936. The van der Waals surface area contributed by atoms with E-state index in [2.05, 4.69) is 19.9 Å². The lowest BCUT2D eigenvalue weighted by molar-refractivity contribution is 0.475. The van der Waals surface area contributed by atoms with Crippen molar-refractivity contribution in [2.75, 3.05) is 29.5 Å². The zero-order valence-corrected chi connectivity index (χ0v) is 15.9. The Labute approximate surface area is 162 Å². The van der Waals surface area contributed by atoms with Crippen LogP contribution in [0.5, 0.6) is 5.75 Å². The molecule has 1 saturated heterocycles. The van der Waals surface area contributed by atoms with Crippen LogP contribution < -0.4 is 4.90 Å². The fourth-order valence-corrected chi connectivity index (χ4v) is 4.71. The zero-order valence-electron chi connectivity index (χ0n) is 13.5. The van der Waals surface area contributed by atoms with Gasteiger partial charge in [-0.2, -0.15) is 4.98 Å². The number of rotatable bonds is 3. The van der Waals surface area contributed by atoms with Crippen molar-refractivity contribution >= 4 is 51.4 Å². The first kappa shape index (κ1) is 17.6. The molecule has 0 spiro atoms. The lowest BCUT2D eigenvalue weighted by Crippen LogP contribution is -2.41. The van der Waals surface area contributed by atoms with Crippen LogP contribution in [0.25, 0.3) is 11.0 Å². The third kappa shape index (κ3) is 3.66. The molecule has 0 aliphatic carbocycles. The van der Waals surface area contributed by atoms with E-state index in [9.17, 15) is 9.66 Å². The average Bonchev–Trinajstić information content (AvgIpc) is 2.64. The summed E-state index contributed by atoms with van der Waals surface area (Å²) in [6, 6.07) is 6.84. The first-order valence-corrected chi connectivity index (χ1v) is 10.5. The van der Waals surface area contributed by atoms with Crippen LogP contribution in [0.4, 0.5) is 5.82 Å². The molecule has 10 heteroatoms. The number of halogens is 1. The molecule has 1 aromatic carbocycles. The molecule has 3 heterocycles. The molecule has 0 atom stereocenters. The number of benzene rings is 1. The van der Waals surface area contributed by atoms with Crippen molar-refractivity contribution in [2.45, 2.75) is 9.92 Å². The van der Waals surface area contributed by atoms with Gasteiger partial charge in [0.25, 0.3) is 0 Å². The normalized spacial score (nSPS) is 15.5. The van der Waals surface area contributed by atoms with Crippen LogP contribution in [0.3, 0.4) is 0 Å². The molecular weight excluding hydrogens is 394 g/mol. The molecule has 0 saturated carbocycles. The van der Waals surface area contributed by atoms with E-state index in [0.29, 0.717) is 46.5 Å². The molecule has 1 fully saturated rings. The summed E-state index contributed by atoms with van der Waals surface area (Å²) < 4.78 is 11.6. The maximum absolute atomic E-state index is 11.6. The molecular formula is C16H14ClN5O2S2. The van der Waals surface area contributed by atoms with Crippen LogP contribution in [-0.4, -0.2) is 54.2 Å². The maximum atomic E-state index is 11.6. The summed E-state index contributed by atoms with van der Waals surface area (Å²) in [7, 11) is 0. The van der Waals surface area contributed by atoms with Gasteiger partial charge in [-0.3, -0.25) is 0 Å². The number of hydrogen-bond donors (Lipinski definition) is 1. The predicted molar refractivity (Wildman–Crippen MR) is 102 cm³/mol. The van der Waals surface area contributed by atoms with Crippen molar-refractivity contribution in [2.24, 2.45) is 0 Å². The van der Waals surface area contributed by atoms with Crippen molar-refractivity contribution in [3.8, 4) is 5.75 Å². The first-order chi connectivity index (χ1) is 12.6. The van der Waals surface area contributed by atoms with Gasteiger partial charge in [0.2, 0.25) is 5.28 Å². The summed E-state index contributed by atoms with van der Waals surface area (Å²) in [4.78, 5) is 20.3. The van der Waals surface area contributed by atoms with E-state index >= 15 is 0 Å². The monoisotopic (exact) mass is 407 g/mol. The summed E-state index contributed by atoms with van der Waals surface area (Å²) in [5.74, 6) is 2.05. The third-order valence-corrected chi connectivity index (χ3v) is 6.38. The Balaban J connectivity index is 1.75. The minimum Gasteiger partial charge on any atom is -0.616 e. The summed E-state index contributed by atoms with van der Waals surface area (Å²) in [5, 5.41) is 10.2. The van der Waals surface area contributed by atoms with Crippen LogP contribution in [0.2, 0.25) is 5.28 Å². The number of phenols is 1. The Morgan fingerprint density at radius 1 is 1.08 bits per heavy atom. The van der Waals surface area contributed by atoms with Gasteiger partial charge in [-0.05, 0) is 35.9 Å². The highest BCUT2D eigenvalue weighted by Crippen LogP contribution is 2.34. The molecule has 3 aromatic rings. The topological polar surface area (TPSA) is 98.1 Å². The SMILES string of the molecule is [O-][S+]1CCN(c2nc(Cl)nc3c(Sc4ccc(O)cc4)ncnc23)CC1. The van der Waals surface area contributed by atoms with E-state index in [4.69, 9.17) is 11.6 Å². The number of aromatic nitrogens is 4. The van der Waals surface area contributed by atoms with Gasteiger partial charge in [-0.15, -0.1) is 0 Å². The largest absolute Gasteiger partial charge is 0.616 e. The molecule has 4 rings (SSSR count). The lowest BCUT2D eigenvalue weighted by atomic mass is 10.3. The quantitative estimate of drug-likeness (QED) is 0.401. The Morgan fingerprint density at radius 2 is 1.81 bits per heavy atom. The van der Waals surface area contributed by atoms with Gasteiger partial charge in [-0.1, -0.05) is 22.9 Å². The second-order valence-corrected chi connectivity index (χ2v) is 8.72. The van der Waals surface area contributed by atoms with Crippen LogP contribution in [-0.2, 0) is 11.2 Å². The average molecular weight is 408 g/mol. The van der Waals surface area contributed by atoms with E-state index < -0.39 is 11.2 Å². The minimum absolute atomic E-state index is 0.126. The Kier molecular flexibility index (Phi) is 5.03. The van der Waals surface area contributed by atoms with E-state index in [1.165, 1.54) is 18.1 Å². The van der Waals surface area contributed by atoms with Gasteiger partial charge >= 0.3 is 0 Å². The van der Waals surface area contributed by atoms with Gasteiger partial charge in [0, 0.05) is 4.90 Å². The fraction of sp³-hybridized carbons (Fsp3) is 0.250. The van der Waals surface area contributed by atoms with Crippen molar-refractivity contribution in [1.29, 1.82) is 0 Å². The second kappa shape index (κ2) is 7.43. The zero-order chi connectivity index (χ0) is 18.1. The first-order valence-electron chi connectivity index (χ1n) is 7.85. The molecule has 0 amide bonds. The van der Waals surface area contributed by atoms with Crippen molar-refractivity contribution in [1.82, 2.24) is 19.9 Å². The van der Waals surface area contributed by atoms with Crippen molar-refractivity contribution in [3.63, 3.8) is 0 Å². The van der Waals surface area contributed by atoms with E-state index in [-0.39, 0.29) is 11.0 Å². The fourth-order valence-electron chi connectivity index (χ4n) is 2.66. The van der Waals surface area contributed by atoms with E-state index in [0.717, 1.165) is 4.90 Å². The van der Waals surface area contributed by atoms with Gasteiger partial charge in [0.05, 0.1) is 13.1 Å². The summed E-state index contributed by atoms with van der Waals surface area (Å²) in [6.45, 7) is 1.28. The highest BCUT2D eigenvalue weighted by molar-refractivity contribution is 7.99. The number of aromatic hydroxyl groups is 1. The molecule has 0 bridgehead atoms. The molecule has 7 nitrogen and oxygen atoms in total. The molecule has 134 valence electrons. The molecule has 26 heavy (non-hydrogen) atoms. The number of fused-ring (bicyclic) bond motifs is 1. The number of phenolic OH excluding ortho intramolecular Hbond substituents is 1. The molecule has 2 aromatic heterocycles. The van der Waals surface area contributed by atoms with E-state index in [1.807, 2.05) is 4.90 Å². The van der Waals surface area contributed by atoms with Crippen LogP contribution >= 0.6 is 23.4 Å². The van der Waals surface area contributed by atoms with Crippen LogP contribution in [0.15, 0.2) is 40.5 Å². The van der Waals surface area contributed by atoms with Gasteiger partial charge in [-0.25, -0.2) is 15.0 Å². The predicted octanol–water partition coefficient (Wildman–Crippen LogP) is 2.50. The number of hydrogen-bond acceptors (Lipinski definition) is 8. The maximum Gasteiger partial charge on any atom is 0.225 e. The standard InChI is InChI=1S/C16H14ClN5O2S2/c17-16-20-13-12(14(21-16)22-5-7-26(24)8-6-22)18-9-19-15(13)25-11-3-1-10(23)2-4-11/h1-4,9,23H,5-8H2. The van der Waals surface area contributed by atoms with Crippen LogP contribution in [0, 0.1) is 0 Å². The van der Waals surface area contributed by atoms with Crippen LogP contribution in [0.1, 0.15) is 0 Å². The highest BCUT2D eigenvalue weighted by atomic mass is 35.5. The Hall–Kier alpha value is -1.81. The van der Waals surface area contributed by atoms with Gasteiger partial charge in [0.15, 0.2) is 5.82 Å². The second-order valence-electron chi connectivity index (χ2n) is 5.62. The van der Waals surface area contributed by atoms with Gasteiger partial charge < -0.3 is 14.6 Å². The lowest BCUT2D eigenvalue weighted by Gasteiger charge is -2.29. The number of nitrogens with zero attached hydrogens (tertiary/aromatic N) is 5. The highest BCUT2D eigenvalue weighted by Gasteiger charge is 2.24. The summed E-state index contributed by atoms with van der Waals surface area (Å²) in [5.41, 5.74) is 1.20. The molecule has 0 radical (unpaired) electrons. The van der Waals surface area contributed by atoms with E-state index in [1.54, 1.807) is 24.3 Å². The molecule has 0 unspecified atom stereocenters. The smallest absolute Gasteiger partial charge is 0.225 e. The van der Waals surface area contributed by atoms with Crippen molar-refractivity contribution < 1.29 is 9.66 Å². The molecule has 1 aliphatic rings. The minimum atomic E-state index is -0.782. The Morgan fingerprint density at radius 3 is 2.54 bits per heavy atom. The van der Waals surface area contributed by atoms with Crippen molar-refractivity contribution in [3.05, 3.63) is 35.9 Å². The third-order valence-electron chi connectivity index (χ3n) is 3.93. The molecule has 1 N–H and O–H groups in total. The van der Waals surface area contributed by atoms with Gasteiger partial charge in [0.1, 0.15) is 39.6 Å².